The Morgan fingerprint density at radius 1 is 1.29 bits per heavy atom. The molecule has 0 aliphatic heterocycles. The average molecular weight is 286 g/mol. The molecule has 0 radical (unpaired) electrons. The molecule has 0 bridgehead atoms. The molecule has 0 aliphatic carbocycles. The molecule has 3 aromatic rings. The number of rotatable bonds is 5. The van der Waals surface area contributed by atoms with Crippen LogP contribution in [0.25, 0.3) is 17.3 Å². The van der Waals surface area contributed by atoms with Crippen molar-refractivity contribution in [1.82, 2.24) is 19.9 Å². The first-order chi connectivity index (χ1) is 10.3. The number of hydrogen-bond acceptors (Lipinski definition) is 6. The van der Waals surface area contributed by atoms with Crippen LogP contribution in [0.4, 0.5) is 0 Å². The summed E-state index contributed by atoms with van der Waals surface area (Å²) in [4.78, 5) is 4.19. The number of nitrogens with zero attached hydrogens (tertiary/aromatic N) is 4. The van der Waals surface area contributed by atoms with Crippen molar-refractivity contribution in [3.8, 4) is 23.0 Å². The van der Waals surface area contributed by atoms with Gasteiger partial charge in [-0.05, 0) is 12.1 Å². The van der Waals surface area contributed by atoms with Gasteiger partial charge in [0.15, 0.2) is 17.3 Å². The van der Waals surface area contributed by atoms with Crippen LogP contribution in [0.2, 0.25) is 0 Å². The second-order valence-corrected chi connectivity index (χ2v) is 4.40. The van der Waals surface area contributed by atoms with E-state index in [9.17, 15) is 5.11 Å². The molecule has 7 nitrogen and oxygen atoms in total. The molecular formula is C14H14N4O3. The monoisotopic (exact) mass is 286 g/mol. The van der Waals surface area contributed by atoms with Crippen LogP contribution in [0.5, 0.6) is 5.75 Å². The highest BCUT2D eigenvalue weighted by molar-refractivity contribution is 5.56. The van der Waals surface area contributed by atoms with Crippen molar-refractivity contribution in [3.05, 3.63) is 42.4 Å². The first-order valence-corrected chi connectivity index (χ1v) is 6.44. The fourth-order valence-corrected chi connectivity index (χ4v) is 1.88. The number of aromatic nitrogens is 4. The Hall–Kier alpha value is -2.67. The maximum Gasteiger partial charge on any atom is 0.282 e. The molecule has 1 N–H and O–H groups in total. The lowest BCUT2D eigenvalue weighted by atomic mass is 10.3. The SMILES string of the molecule is COCCc1noc(-c2nn(-c3ccccc3)cc2O)n1. The Kier molecular flexibility index (Phi) is 3.65. The van der Waals surface area contributed by atoms with Gasteiger partial charge >= 0.3 is 0 Å². The summed E-state index contributed by atoms with van der Waals surface area (Å²) in [6.45, 7) is 0.503. The summed E-state index contributed by atoms with van der Waals surface area (Å²) < 4.78 is 11.6. The topological polar surface area (TPSA) is 86.2 Å². The number of methoxy groups -OCH3 is 1. The van der Waals surface area contributed by atoms with Crippen molar-refractivity contribution in [3.63, 3.8) is 0 Å². The van der Waals surface area contributed by atoms with Gasteiger partial charge in [0.1, 0.15) is 0 Å². The van der Waals surface area contributed by atoms with Gasteiger partial charge in [-0.2, -0.15) is 10.1 Å². The summed E-state index contributed by atoms with van der Waals surface area (Å²) >= 11 is 0. The summed E-state index contributed by atoms with van der Waals surface area (Å²) in [5, 5.41) is 18.1. The third kappa shape index (κ3) is 2.77. The van der Waals surface area contributed by atoms with Gasteiger partial charge in [0.05, 0.1) is 18.5 Å². The van der Waals surface area contributed by atoms with Gasteiger partial charge in [-0.1, -0.05) is 23.4 Å². The minimum atomic E-state index is -0.0132. The Morgan fingerprint density at radius 2 is 2.10 bits per heavy atom. The van der Waals surface area contributed by atoms with E-state index in [4.69, 9.17) is 9.26 Å². The van der Waals surface area contributed by atoms with E-state index < -0.39 is 0 Å². The van der Waals surface area contributed by atoms with Crippen LogP contribution in [0.3, 0.4) is 0 Å². The zero-order valence-electron chi connectivity index (χ0n) is 11.4. The highest BCUT2D eigenvalue weighted by atomic mass is 16.5. The smallest absolute Gasteiger partial charge is 0.282 e. The lowest BCUT2D eigenvalue weighted by Gasteiger charge is -1.98. The molecule has 108 valence electrons. The van der Waals surface area contributed by atoms with Crippen LogP contribution in [0, 0.1) is 0 Å². The normalized spacial score (nSPS) is 10.9. The maximum atomic E-state index is 10.00. The highest BCUT2D eigenvalue weighted by Crippen LogP contribution is 2.27. The van der Waals surface area contributed by atoms with E-state index in [0.29, 0.717) is 18.9 Å². The third-order valence-electron chi connectivity index (χ3n) is 2.92. The van der Waals surface area contributed by atoms with Gasteiger partial charge in [0, 0.05) is 13.5 Å². The Bertz CT molecular complexity index is 721. The van der Waals surface area contributed by atoms with Crippen LogP contribution in [-0.4, -0.2) is 38.7 Å². The van der Waals surface area contributed by atoms with Crippen molar-refractivity contribution in [2.45, 2.75) is 6.42 Å². The number of benzene rings is 1. The molecule has 21 heavy (non-hydrogen) atoms. The Balaban J connectivity index is 1.89. The average Bonchev–Trinajstić information content (AvgIpc) is 3.12. The molecule has 0 unspecified atom stereocenters. The van der Waals surface area contributed by atoms with E-state index in [1.165, 1.54) is 6.20 Å². The minimum Gasteiger partial charge on any atom is -0.504 e. The van der Waals surface area contributed by atoms with Crippen LogP contribution in [0.1, 0.15) is 5.82 Å². The molecule has 0 fully saturated rings. The quantitative estimate of drug-likeness (QED) is 0.770. The molecule has 0 spiro atoms. The molecule has 1 aromatic carbocycles. The van der Waals surface area contributed by atoms with Crippen molar-refractivity contribution < 1.29 is 14.4 Å². The predicted octanol–water partition coefficient (Wildman–Crippen LogP) is 1.82. The minimum absolute atomic E-state index is 0.0132. The van der Waals surface area contributed by atoms with Gasteiger partial charge < -0.3 is 14.4 Å². The lowest BCUT2D eigenvalue weighted by molar-refractivity contribution is 0.199. The molecule has 3 rings (SSSR count). The Labute approximate surface area is 120 Å². The molecule has 0 saturated carbocycles. The molecule has 2 heterocycles. The second kappa shape index (κ2) is 5.76. The Morgan fingerprint density at radius 3 is 2.86 bits per heavy atom. The summed E-state index contributed by atoms with van der Waals surface area (Å²) in [5.74, 6) is 0.689. The third-order valence-corrected chi connectivity index (χ3v) is 2.92. The molecule has 2 aromatic heterocycles. The molecule has 7 heteroatoms. The maximum absolute atomic E-state index is 10.00. The molecule has 0 amide bonds. The zero-order chi connectivity index (χ0) is 14.7. The molecular weight excluding hydrogens is 272 g/mol. The number of aromatic hydroxyl groups is 1. The molecule has 0 saturated heterocycles. The fourth-order valence-electron chi connectivity index (χ4n) is 1.88. The predicted molar refractivity (Wildman–Crippen MR) is 74.1 cm³/mol. The number of hydrogen-bond donors (Lipinski definition) is 1. The highest BCUT2D eigenvalue weighted by Gasteiger charge is 2.17. The van der Waals surface area contributed by atoms with E-state index >= 15 is 0 Å². The van der Waals surface area contributed by atoms with Gasteiger partial charge in [-0.15, -0.1) is 0 Å². The van der Waals surface area contributed by atoms with Crippen LogP contribution < -0.4 is 0 Å². The van der Waals surface area contributed by atoms with E-state index in [1.807, 2.05) is 30.3 Å². The van der Waals surface area contributed by atoms with Gasteiger partial charge in [-0.3, -0.25) is 0 Å². The van der Waals surface area contributed by atoms with E-state index in [1.54, 1.807) is 11.8 Å². The molecule has 0 aliphatic rings. The number of para-hydroxylation sites is 1. The summed E-state index contributed by atoms with van der Waals surface area (Å²) in [7, 11) is 1.61. The fraction of sp³-hybridized carbons (Fsp3) is 0.214. The van der Waals surface area contributed by atoms with E-state index in [2.05, 4.69) is 15.2 Å². The van der Waals surface area contributed by atoms with Gasteiger partial charge in [-0.25, -0.2) is 4.68 Å². The zero-order valence-corrected chi connectivity index (χ0v) is 11.4. The summed E-state index contributed by atoms with van der Waals surface area (Å²) in [6, 6.07) is 9.46. The van der Waals surface area contributed by atoms with Crippen molar-refractivity contribution in [2.75, 3.05) is 13.7 Å². The van der Waals surface area contributed by atoms with E-state index in [-0.39, 0.29) is 17.3 Å². The largest absolute Gasteiger partial charge is 0.504 e. The van der Waals surface area contributed by atoms with Crippen LogP contribution in [0.15, 0.2) is 41.1 Å². The van der Waals surface area contributed by atoms with Crippen molar-refractivity contribution >= 4 is 0 Å². The van der Waals surface area contributed by atoms with Gasteiger partial charge in [0.25, 0.3) is 5.89 Å². The van der Waals surface area contributed by atoms with Crippen LogP contribution >= 0.6 is 0 Å². The standard InChI is InChI=1S/C14H14N4O3/c1-20-8-7-12-15-14(21-17-12)13-11(19)9-18(16-13)10-5-3-2-4-6-10/h2-6,9,19H,7-8H2,1H3. The van der Waals surface area contributed by atoms with E-state index in [0.717, 1.165) is 5.69 Å². The number of ether oxygens (including phenoxy) is 1. The van der Waals surface area contributed by atoms with Crippen LogP contribution in [-0.2, 0) is 11.2 Å². The first kappa shape index (κ1) is 13.3. The van der Waals surface area contributed by atoms with Gasteiger partial charge in [0.2, 0.25) is 0 Å². The molecule has 0 atom stereocenters. The van der Waals surface area contributed by atoms with Crippen molar-refractivity contribution in [1.29, 1.82) is 0 Å². The summed E-state index contributed by atoms with van der Waals surface area (Å²) in [5.41, 5.74) is 1.09. The first-order valence-electron chi connectivity index (χ1n) is 6.44. The second-order valence-electron chi connectivity index (χ2n) is 4.40. The summed E-state index contributed by atoms with van der Waals surface area (Å²) in [6.07, 6.45) is 2.05. The van der Waals surface area contributed by atoms with Crippen molar-refractivity contribution in [2.24, 2.45) is 0 Å². The lowest BCUT2D eigenvalue weighted by Crippen LogP contribution is -1.96.